The number of esters is 2. The van der Waals surface area contributed by atoms with Gasteiger partial charge in [0.15, 0.2) is 0 Å². The predicted molar refractivity (Wildman–Crippen MR) is 99.3 cm³/mol. The fourth-order valence-corrected chi connectivity index (χ4v) is 2.56. The van der Waals surface area contributed by atoms with Gasteiger partial charge in [-0.05, 0) is 39.3 Å². The lowest BCUT2D eigenvalue weighted by Gasteiger charge is -2.14. The van der Waals surface area contributed by atoms with E-state index in [1.807, 2.05) is 26.0 Å². The van der Waals surface area contributed by atoms with Crippen molar-refractivity contribution in [2.24, 2.45) is 0 Å². The van der Waals surface area contributed by atoms with E-state index in [1.165, 1.54) is 7.11 Å². The van der Waals surface area contributed by atoms with Crippen molar-refractivity contribution in [2.45, 2.75) is 27.7 Å². The van der Waals surface area contributed by atoms with Crippen molar-refractivity contribution in [3.8, 4) is 5.75 Å². The molecule has 0 radical (unpaired) electrons. The van der Waals surface area contributed by atoms with Crippen molar-refractivity contribution in [1.29, 1.82) is 0 Å². The van der Waals surface area contributed by atoms with Crippen LogP contribution in [0.1, 0.15) is 25.1 Å². The van der Waals surface area contributed by atoms with E-state index in [9.17, 15) is 9.59 Å². The number of methoxy groups -OCH3 is 1. The Kier molecular flexibility index (Phi) is 6.27. The number of carbonyl (C=O) groups excluding carboxylic acids is 2. The molecule has 0 bridgehead atoms. The van der Waals surface area contributed by atoms with Crippen LogP contribution < -0.4 is 10.1 Å². The van der Waals surface area contributed by atoms with E-state index in [2.05, 4.69) is 10.3 Å². The zero-order chi connectivity index (χ0) is 19.3. The molecule has 2 rings (SSSR count). The summed E-state index contributed by atoms with van der Waals surface area (Å²) < 4.78 is 15.3. The first-order valence-corrected chi connectivity index (χ1v) is 8.40. The van der Waals surface area contributed by atoms with Crippen LogP contribution in [0.4, 0.5) is 5.69 Å². The third-order valence-electron chi connectivity index (χ3n) is 3.94. The summed E-state index contributed by atoms with van der Waals surface area (Å²) in [5.74, 6) is -0.751. The minimum Gasteiger partial charge on any atom is -0.494 e. The van der Waals surface area contributed by atoms with Gasteiger partial charge in [0.05, 0.1) is 32.1 Å². The van der Waals surface area contributed by atoms with E-state index in [-0.39, 0.29) is 18.9 Å². The molecule has 7 nitrogen and oxygen atoms in total. The highest BCUT2D eigenvalue weighted by atomic mass is 16.5. The third-order valence-corrected chi connectivity index (χ3v) is 3.94. The van der Waals surface area contributed by atoms with Crippen LogP contribution in [-0.4, -0.2) is 37.2 Å². The van der Waals surface area contributed by atoms with Gasteiger partial charge in [-0.1, -0.05) is 0 Å². The zero-order valence-corrected chi connectivity index (χ0v) is 15.7. The van der Waals surface area contributed by atoms with Gasteiger partial charge in [0.2, 0.25) is 0 Å². The smallest absolute Gasteiger partial charge is 0.355 e. The minimum absolute atomic E-state index is 0.0205. The van der Waals surface area contributed by atoms with Crippen LogP contribution in [0, 0.1) is 13.8 Å². The molecule has 0 spiro atoms. The second-order valence-corrected chi connectivity index (χ2v) is 5.63. The number of aromatic amines is 1. The summed E-state index contributed by atoms with van der Waals surface area (Å²) in [7, 11) is 1.54. The Labute approximate surface area is 152 Å². The number of aryl methyl sites for hydroxylation is 2. The average Bonchev–Trinajstić information content (AvgIpc) is 2.88. The van der Waals surface area contributed by atoms with Crippen molar-refractivity contribution < 1.29 is 23.8 Å². The summed E-state index contributed by atoms with van der Waals surface area (Å²) in [6, 6.07) is 3.70. The predicted octanol–water partition coefficient (Wildman–Crippen LogP) is 3.22. The number of rotatable bonds is 7. The molecule has 0 aliphatic rings. The van der Waals surface area contributed by atoms with Crippen LogP contribution in [0.2, 0.25) is 0 Å². The van der Waals surface area contributed by atoms with Crippen LogP contribution in [0.25, 0.3) is 10.9 Å². The molecule has 0 unspecified atom stereocenters. The van der Waals surface area contributed by atoms with E-state index < -0.39 is 11.9 Å². The highest BCUT2D eigenvalue weighted by molar-refractivity contribution is 6.00. The molecule has 140 valence electrons. The van der Waals surface area contributed by atoms with E-state index in [0.29, 0.717) is 11.4 Å². The summed E-state index contributed by atoms with van der Waals surface area (Å²) in [6.45, 7) is 7.77. The number of anilines is 1. The van der Waals surface area contributed by atoms with Gasteiger partial charge < -0.3 is 24.5 Å². The SMILES string of the molecule is CCOC(=O)/C=C(/Nc1cc2c(C)c(C)[nH]c2cc1OC)C(=O)OCC. The molecule has 0 fully saturated rings. The number of fused-ring (bicyclic) bond motifs is 1. The minimum atomic E-state index is -0.648. The maximum atomic E-state index is 12.2. The lowest BCUT2D eigenvalue weighted by atomic mass is 10.1. The van der Waals surface area contributed by atoms with Crippen LogP contribution >= 0.6 is 0 Å². The standard InChI is InChI=1S/C19H24N2O5/c1-6-25-18(22)10-16(19(23)26-7-2)21-15-8-13-11(3)12(4)20-14(13)9-17(15)24-5/h8-10,20-21H,6-7H2,1-5H3/b16-10+. The Morgan fingerprint density at radius 1 is 1.15 bits per heavy atom. The normalized spacial score (nSPS) is 11.3. The van der Waals surface area contributed by atoms with Gasteiger partial charge in [0, 0.05) is 22.7 Å². The number of nitrogens with one attached hydrogen (secondary N) is 2. The van der Waals surface area contributed by atoms with Crippen molar-refractivity contribution in [2.75, 3.05) is 25.6 Å². The number of carbonyl (C=O) groups is 2. The van der Waals surface area contributed by atoms with Gasteiger partial charge in [-0.25, -0.2) is 9.59 Å². The fourth-order valence-electron chi connectivity index (χ4n) is 2.56. The van der Waals surface area contributed by atoms with E-state index in [1.54, 1.807) is 13.8 Å². The van der Waals surface area contributed by atoms with Gasteiger partial charge >= 0.3 is 11.9 Å². The quantitative estimate of drug-likeness (QED) is 0.582. The molecular weight excluding hydrogens is 336 g/mol. The highest BCUT2D eigenvalue weighted by Gasteiger charge is 2.17. The molecule has 2 aromatic rings. The summed E-state index contributed by atoms with van der Waals surface area (Å²) in [6.07, 6.45) is 1.08. The number of H-pyrrole nitrogens is 1. The Morgan fingerprint density at radius 2 is 1.85 bits per heavy atom. The van der Waals surface area contributed by atoms with Gasteiger partial charge in [-0.3, -0.25) is 0 Å². The molecule has 0 aliphatic carbocycles. The molecule has 0 saturated heterocycles. The molecule has 26 heavy (non-hydrogen) atoms. The lowest BCUT2D eigenvalue weighted by Crippen LogP contribution is -2.17. The summed E-state index contributed by atoms with van der Waals surface area (Å²) in [5, 5.41) is 3.94. The largest absolute Gasteiger partial charge is 0.494 e. The van der Waals surface area contributed by atoms with Crippen molar-refractivity contribution in [3.05, 3.63) is 35.2 Å². The molecule has 1 heterocycles. The second kappa shape index (κ2) is 8.42. The molecule has 7 heteroatoms. The molecule has 0 saturated carbocycles. The van der Waals surface area contributed by atoms with Crippen molar-refractivity contribution >= 4 is 28.5 Å². The van der Waals surface area contributed by atoms with E-state index >= 15 is 0 Å². The van der Waals surface area contributed by atoms with Crippen molar-refractivity contribution in [3.63, 3.8) is 0 Å². The molecule has 0 atom stereocenters. The zero-order valence-electron chi connectivity index (χ0n) is 15.7. The number of hydrogen-bond acceptors (Lipinski definition) is 6. The Bertz CT molecular complexity index is 851. The summed E-state index contributed by atoms with van der Waals surface area (Å²) in [5.41, 5.74) is 3.60. The first-order valence-electron chi connectivity index (χ1n) is 8.40. The van der Waals surface area contributed by atoms with Crippen LogP contribution in [0.5, 0.6) is 5.75 Å². The second-order valence-electron chi connectivity index (χ2n) is 5.63. The Balaban J connectivity index is 2.47. The average molecular weight is 360 g/mol. The van der Waals surface area contributed by atoms with Crippen LogP contribution in [-0.2, 0) is 19.1 Å². The molecule has 1 aromatic carbocycles. The molecule has 0 aliphatic heterocycles. The Hall–Kier alpha value is -2.96. The molecular formula is C19H24N2O5. The number of aromatic nitrogens is 1. The van der Waals surface area contributed by atoms with E-state index in [4.69, 9.17) is 14.2 Å². The fraction of sp³-hybridized carbons (Fsp3) is 0.368. The van der Waals surface area contributed by atoms with E-state index in [0.717, 1.165) is 28.2 Å². The van der Waals surface area contributed by atoms with Gasteiger partial charge in [0.25, 0.3) is 0 Å². The lowest BCUT2D eigenvalue weighted by molar-refractivity contribution is -0.140. The van der Waals surface area contributed by atoms with Gasteiger partial charge in [0.1, 0.15) is 11.4 Å². The topological polar surface area (TPSA) is 89.6 Å². The number of benzene rings is 1. The first kappa shape index (κ1) is 19.4. The third kappa shape index (κ3) is 4.17. The Morgan fingerprint density at radius 3 is 2.46 bits per heavy atom. The monoisotopic (exact) mass is 360 g/mol. The van der Waals surface area contributed by atoms with Crippen molar-refractivity contribution in [1.82, 2.24) is 4.98 Å². The summed E-state index contributed by atoms with van der Waals surface area (Å²) in [4.78, 5) is 27.3. The van der Waals surface area contributed by atoms with Crippen LogP contribution in [0.15, 0.2) is 23.9 Å². The highest BCUT2D eigenvalue weighted by Crippen LogP contribution is 2.33. The number of hydrogen-bond donors (Lipinski definition) is 2. The van der Waals surface area contributed by atoms with Gasteiger partial charge in [-0.15, -0.1) is 0 Å². The maximum absolute atomic E-state index is 12.2. The van der Waals surface area contributed by atoms with Gasteiger partial charge in [-0.2, -0.15) is 0 Å². The number of ether oxygens (including phenoxy) is 3. The van der Waals surface area contributed by atoms with Crippen LogP contribution in [0.3, 0.4) is 0 Å². The maximum Gasteiger partial charge on any atom is 0.355 e. The molecule has 1 aromatic heterocycles. The first-order chi connectivity index (χ1) is 12.4. The summed E-state index contributed by atoms with van der Waals surface area (Å²) >= 11 is 0. The molecule has 2 N–H and O–H groups in total. The molecule has 0 amide bonds.